The summed E-state index contributed by atoms with van der Waals surface area (Å²) in [6.07, 6.45) is 0.853. The summed E-state index contributed by atoms with van der Waals surface area (Å²) >= 11 is 0. The van der Waals surface area contributed by atoms with Crippen molar-refractivity contribution in [3.05, 3.63) is 66.4 Å². The van der Waals surface area contributed by atoms with E-state index in [1.54, 1.807) is 16.8 Å². The summed E-state index contributed by atoms with van der Waals surface area (Å²) in [5, 5.41) is 5.39. The van der Waals surface area contributed by atoms with Crippen LogP contribution in [-0.4, -0.2) is 9.78 Å². The maximum atomic E-state index is 14.1. The molecule has 0 amide bonds. The molecular weight excluding hydrogens is 227 g/mol. The van der Waals surface area contributed by atoms with E-state index in [2.05, 4.69) is 5.10 Å². The van der Waals surface area contributed by atoms with Crippen molar-refractivity contribution in [2.45, 2.75) is 12.7 Å². The third-order valence-corrected chi connectivity index (χ3v) is 2.97. The van der Waals surface area contributed by atoms with Gasteiger partial charge < -0.3 is 0 Å². The molecule has 1 heterocycles. The van der Waals surface area contributed by atoms with E-state index in [1.807, 2.05) is 48.7 Å². The minimum Gasteiger partial charge on any atom is -0.268 e. The molecule has 1 atom stereocenters. The van der Waals surface area contributed by atoms with Crippen LogP contribution in [0.5, 0.6) is 0 Å². The van der Waals surface area contributed by atoms with Gasteiger partial charge in [-0.05, 0) is 11.6 Å². The highest BCUT2D eigenvalue weighted by Crippen LogP contribution is 2.20. The van der Waals surface area contributed by atoms with Gasteiger partial charge in [0.25, 0.3) is 0 Å². The molecule has 0 aliphatic carbocycles. The summed E-state index contributed by atoms with van der Waals surface area (Å²) in [6.45, 7) is 0.249. The first-order valence-corrected chi connectivity index (χ1v) is 5.94. The van der Waals surface area contributed by atoms with Crippen molar-refractivity contribution in [2.75, 3.05) is 0 Å². The van der Waals surface area contributed by atoms with Crippen LogP contribution in [0, 0.1) is 0 Å². The Morgan fingerprint density at radius 2 is 1.72 bits per heavy atom. The van der Waals surface area contributed by atoms with Crippen LogP contribution in [0.1, 0.15) is 11.7 Å². The van der Waals surface area contributed by atoms with E-state index in [4.69, 9.17) is 0 Å². The Hall–Kier alpha value is -2.16. The van der Waals surface area contributed by atoms with Gasteiger partial charge in [-0.1, -0.05) is 48.5 Å². The average Bonchev–Trinajstić information content (AvgIpc) is 2.82. The zero-order valence-corrected chi connectivity index (χ0v) is 9.83. The van der Waals surface area contributed by atoms with Gasteiger partial charge in [-0.3, -0.25) is 4.68 Å². The van der Waals surface area contributed by atoms with E-state index in [0.717, 1.165) is 10.9 Å². The summed E-state index contributed by atoms with van der Waals surface area (Å²) in [5.41, 5.74) is 1.59. The molecule has 0 aliphatic heterocycles. The van der Waals surface area contributed by atoms with Crippen molar-refractivity contribution in [3.8, 4) is 0 Å². The molecule has 0 bridgehead atoms. The number of halogens is 1. The molecule has 3 aromatic rings. The lowest BCUT2D eigenvalue weighted by atomic mass is 10.1. The third kappa shape index (κ3) is 2.12. The van der Waals surface area contributed by atoms with Crippen LogP contribution in [0.15, 0.2) is 60.8 Å². The summed E-state index contributed by atoms with van der Waals surface area (Å²) < 4.78 is 15.8. The van der Waals surface area contributed by atoms with Crippen molar-refractivity contribution < 1.29 is 4.39 Å². The molecule has 0 spiro atoms. The molecule has 0 fully saturated rings. The largest absolute Gasteiger partial charge is 0.268 e. The van der Waals surface area contributed by atoms with Crippen LogP contribution in [-0.2, 0) is 6.54 Å². The van der Waals surface area contributed by atoms with E-state index in [1.165, 1.54) is 0 Å². The van der Waals surface area contributed by atoms with E-state index in [-0.39, 0.29) is 6.54 Å². The molecule has 3 heteroatoms. The molecule has 3 rings (SSSR count). The number of alkyl halides is 1. The predicted molar refractivity (Wildman–Crippen MR) is 70.0 cm³/mol. The molecule has 0 radical (unpaired) electrons. The molecule has 0 saturated heterocycles. The lowest BCUT2D eigenvalue weighted by molar-refractivity contribution is 0.293. The molecule has 90 valence electrons. The van der Waals surface area contributed by atoms with Gasteiger partial charge >= 0.3 is 0 Å². The van der Waals surface area contributed by atoms with Crippen molar-refractivity contribution in [1.29, 1.82) is 0 Å². The van der Waals surface area contributed by atoms with Gasteiger partial charge in [-0.25, -0.2) is 4.39 Å². The minimum atomic E-state index is -1.03. The van der Waals surface area contributed by atoms with Crippen molar-refractivity contribution in [2.24, 2.45) is 0 Å². The Morgan fingerprint density at radius 1 is 1.00 bits per heavy atom. The average molecular weight is 240 g/mol. The topological polar surface area (TPSA) is 17.8 Å². The minimum absolute atomic E-state index is 0.249. The van der Waals surface area contributed by atoms with Crippen LogP contribution in [0.4, 0.5) is 4.39 Å². The Labute approximate surface area is 105 Å². The maximum absolute atomic E-state index is 14.1. The Morgan fingerprint density at radius 3 is 2.50 bits per heavy atom. The highest BCUT2D eigenvalue weighted by atomic mass is 19.1. The first kappa shape index (κ1) is 11.0. The Balaban J connectivity index is 1.84. The molecule has 1 aromatic heterocycles. The summed E-state index contributed by atoms with van der Waals surface area (Å²) in [7, 11) is 0. The van der Waals surface area contributed by atoms with Gasteiger partial charge in [0.2, 0.25) is 0 Å². The molecule has 2 aromatic carbocycles. The third-order valence-electron chi connectivity index (χ3n) is 2.97. The second-order valence-electron chi connectivity index (χ2n) is 4.29. The molecule has 0 saturated carbocycles. The van der Waals surface area contributed by atoms with Gasteiger partial charge in [0, 0.05) is 11.6 Å². The summed E-state index contributed by atoms with van der Waals surface area (Å²) in [6, 6.07) is 17.0. The summed E-state index contributed by atoms with van der Waals surface area (Å²) in [4.78, 5) is 0. The van der Waals surface area contributed by atoms with Crippen molar-refractivity contribution >= 4 is 10.9 Å². The lowest BCUT2D eigenvalue weighted by Gasteiger charge is -2.08. The first-order chi connectivity index (χ1) is 8.83. The van der Waals surface area contributed by atoms with Gasteiger partial charge in [0.1, 0.15) is 6.17 Å². The fraction of sp³-hybridized carbons (Fsp3) is 0.133. The van der Waals surface area contributed by atoms with Crippen LogP contribution in [0.25, 0.3) is 10.9 Å². The Kier molecular flexibility index (Phi) is 2.81. The zero-order chi connectivity index (χ0) is 12.4. The summed E-state index contributed by atoms with van der Waals surface area (Å²) in [5.74, 6) is 0. The van der Waals surface area contributed by atoms with Crippen LogP contribution >= 0.6 is 0 Å². The van der Waals surface area contributed by atoms with Crippen LogP contribution < -0.4 is 0 Å². The molecular formula is C15H13FN2. The highest BCUT2D eigenvalue weighted by Gasteiger charge is 2.11. The number of rotatable bonds is 3. The Bertz CT molecular complexity index is 613. The van der Waals surface area contributed by atoms with Crippen LogP contribution in [0.2, 0.25) is 0 Å². The van der Waals surface area contributed by atoms with Gasteiger partial charge in [-0.15, -0.1) is 0 Å². The quantitative estimate of drug-likeness (QED) is 0.681. The number of hydrogen-bond donors (Lipinski definition) is 0. The number of benzene rings is 2. The van der Waals surface area contributed by atoms with E-state index in [9.17, 15) is 4.39 Å². The standard InChI is InChI=1S/C15H13FN2/c16-14(12-6-2-1-3-7-12)11-18-10-13-8-4-5-9-15(13)17-18/h1-10,14H,11H2. The normalized spacial score (nSPS) is 12.7. The van der Waals surface area contributed by atoms with Gasteiger partial charge in [0.05, 0.1) is 12.1 Å². The number of hydrogen-bond acceptors (Lipinski definition) is 1. The molecule has 0 aliphatic rings. The molecule has 1 unspecified atom stereocenters. The van der Waals surface area contributed by atoms with E-state index < -0.39 is 6.17 Å². The van der Waals surface area contributed by atoms with Crippen LogP contribution in [0.3, 0.4) is 0 Å². The fourth-order valence-corrected chi connectivity index (χ4v) is 2.04. The van der Waals surface area contributed by atoms with Gasteiger partial charge in [-0.2, -0.15) is 5.10 Å². The monoisotopic (exact) mass is 240 g/mol. The molecule has 18 heavy (non-hydrogen) atoms. The fourth-order valence-electron chi connectivity index (χ4n) is 2.04. The second-order valence-corrected chi connectivity index (χ2v) is 4.29. The van der Waals surface area contributed by atoms with E-state index in [0.29, 0.717) is 5.56 Å². The SMILES string of the molecule is FC(Cn1cc2ccccc2n1)c1ccccc1. The second kappa shape index (κ2) is 4.61. The highest BCUT2D eigenvalue weighted by molar-refractivity contribution is 5.77. The zero-order valence-electron chi connectivity index (χ0n) is 9.83. The predicted octanol–water partition coefficient (Wildman–Crippen LogP) is 3.75. The molecule has 0 N–H and O–H groups in total. The smallest absolute Gasteiger partial charge is 0.145 e. The number of aromatic nitrogens is 2. The molecule has 2 nitrogen and oxygen atoms in total. The maximum Gasteiger partial charge on any atom is 0.145 e. The van der Waals surface area contributed by atoms with E-state index >= 15 is 0 Å². The first-order valence-electron chi connectivity index (χ1n) is 5.94. The van der Waals surface area contributed by atoms with Crippen molar-refractivity contribution in [1.82, 2.24) is 9.78 Å². The van der Waals surface area contributed by atoms with Crippen molar-refractivity contribution in [3.63, 3.8) is 0 Å². The number of fused-ring (bicyclic) bond motifs is 1. The number of nitrogens with zero attached hydrogens (tertiary/aromatic N) is 2. The lowest BCUT2D eigenvalue weighted by Crippen LogP contribution is -2.05. The van der Waals surface area contributed by atoms with Gasteiger partial charge in [0.15, 0.2) is 0 Å².